The highest BCUT2D eigenvalue weighted by Crippen LogP contribution is 2.10. The van der Waals surface area contributed by atoms with E-state index in [2.05, 4.69) is 5.32 Å². The number of piperidine rings is 1. The standard InChI is InChI=1S/C13H11NO2S/c15-11-8-12(17)14-13(16)10(11)7-6-9-4-2-1-3-5-9/h1-5,7H,6,8H2,(H,14,16,17)/b10-7+. The molecule has 1 fully saturated rings. The van der Waals surface area contributed by atoms with Crippen LogP contribution in [0.5, 0.6) is 0 Å². The Balaban J connectivity index is 2.14. The Morgan fingerprint density at radius 3 is 2.59 bits per heavy atom. The van der Waals surface area contributed by atoms with Gasteiger partial charge in [0.25, 0.3) is 5.91 Å². The lowest BCUT2D eigenvalue weighted by Gasteiger charge is -2.14. The normalized spacial score (nSPS) is 18.4. The summed E-state index contributed by atoms with van der Waals surface area (Å²) in [5.41, 5.74) is 1.27. The fourth-order valence-electron chi connectivity index (χ4n) is 1.65. The van der Waals surface area contributed by atoms with Gasteiger partial charge in [0, 0.05) is 0 Å². The molecule has 1 heterocycles. The predicted molar refractivity (Wildman–Crippen MR) is 68.6 cm³/mol. The summed E-state index contributed by atoms with van der Waals surface area (Å²) in [7, 11) is 0. The fourth-order valence-corrected chi connectivity index (χ4v) is 1.87. The van der Waals surface area contributed by atoms with Crippen molar-refractivity contribution in [3.63, 3.8) is 0 Å². The zero-order valence-corrected chi connectivity index (χ0v) is 9.92. The minimum atomic E-state index is -0.387. The van der Waals surface area contributed by atoms with Gasteiger partial charge in [-0.15, -0.1) is 0 Å². The molecule has 0 radical (unpaired) electrons. The maximum Gasteiger partial charge on any atom is 0.259 e. The van der Waals surface area contributed by atoms with E-state index < -0.39 is 0 Å². The zero-order chi connectivity index (χ0) is 12.3. The van der Waals surface area contributed by atoms with Crippen LogP contribution in [-0.4, -0.2) is 16.7 Å². The molecular formula is C13H11NO2S. The van der Waals surface area contributed by atoms with Gasteiger partial charge in [0.2, 0.25) is 0 Å². The first-order chi connectivity index (χ1) is 8.16. The highest BCUT2D eigenvalue weighted by molar-refractivity contribution is 7.80. The molecule has 0 saturated carbocycles. The van der Waals surface area contributed by atoms with E-state index in [1.54, 1.807) is 6.08 Å². The number of Topliss-reactive ketones (excluding diaryl/α,β-unsaturated/α-hetero) is 1. The van der Waals surface area contributed by atoms with Crippen LogP contribution in [0.4, 0.5) is 0 Å². The number of nitrogens with one attached hydrogen (secondary N) is 1. The lowest BCUT2D eigenvalue weighted by Crippen LogP contribution is -2.39. The topological polar surface area (TPSA) is 46.2 Å². The van der Waals surface area contributed by atoms with Gasteiger partial charge in [-0.05, 0) is 12.0 Å². The number of hydrogen-bond donors (Lipinski definition) is 1. The SMILES string of the molecule is O=C1CC(=S)NC(=O)/C1=C/Cc1ccccc1. The largest absolute Gasteiger partial charge is 0.316 e. The summed E-state index contributed by atoms with van der Waals surface area (Å²) in [6.45, 7) is 0. The maximum absolute atomic E-state index is 11.6. The number of carbonyl (C=O) groups is 2. The number of hydrogen-bond acceptors (Lipinski definition) is 3. The van der Waals surface area contributed by atoms with Crippen molar-refractivity contribution in [2.24, 2.45) is 0 Å². The fraction of sp³-hybridized carbons (Fsp3) is 0.154. The highest BCUT2D eigenvalue weighted by Gasteiger charge is 2.25. The van der Waals surface area contributed by atoms with Crippen LogP contribution in [0.15, 0.2) is 42.0 Å². The Bertz CT molecular complexity index is 483. The number of amides is 1. The Morgan fingerprint density at radius 1 is 1.24 bits per heavy atom. The second kappa shape index (κ2) is 5.01. The van der Waals surface area contributed by atoms with Crippen molar-refractivity contribution in [1.29, 1.82) is 0 Å². The van der Waals surface area contributed by atoms with Crippen LogP contribution in [0.3, 0.4) is 0 Å². The molecule has 1 N–H and O–H groups in total. The van der Waals surface area contributed by atoms with Gasteiger partial charge >= 0.3 is 0 Å². The van der Waals surface area contributed by atoms with Gasteiger partial charge in [0.05, 0.1) is 17.0 Å². The summed E-state index contributed by atoms with van der Waals surface area (Å²) >= 11 is 4.81. The van der Waals surface area contributed by atoms with E-state index in [0.29, 0.717) is 11.4 Å². The number of ketones is 1. The number of benzene rings is 1. The molecule has 2 rings (SSSR count). The Kier molecular flexibility index (Phi) is 3.44. The van der Waals surface area contributed by atoms with Gasteiger partial charge in [-0.1, -0.05) is 48.6 Å². The minimum absolute atomic E-state index is 0.127. The summed E-state index contributed by atoms with van der Waals surface area (Å²) in [5.74, 6) is -0.586. The lowest BCUT2D eigenvalue weighted by atomic mass is 10.0. The Morgan fingerprint density at radius 2 is 1.94 bits per heavy atom. The number of rotatable bonds is 2. The molecule has 0 bridgehead atoms. The second-order valence-corrected chi connectivity index (χ2v) is 4.28. The average Bonchev–Trinajstić information content (AvgIpc) is 2.29. The van der Waals surface area contributed by atoms with Crippen molar-refractivity contribution >= 4 is 28.9 Å². The van der Waals surface area contributed by atoms with Gasteiger partial charge in [-0.2, -0.15) is 0 Å². The summed E-state index contributed by atoms with van der Waals surface area (Å²) in [6.07, 6.45) is 2.36. The Hall–Kier alpha value is -1.81. The van der Waals surface area contributed by atoms with E-state index >= 15 is 0 Å². The van der Waals surface area contributed by atoms with Crippen molar-refractivity contribution < 1.29 is 9.59 Å². The third-order valence-electron chi connectivity index (χ3n) is 2.50. The molecule has 17 heavy (non-hydrogen) atoms. The summed E-state index contributed by atoms with van der Waals surface area (Å²) in [6, 6.07) is 9.67. The molecule has 1 aliphatic rings. The molecule has 0 unspecified atom stereocenters. The van der Waals surface area contributed by atoms with Gasteiger partial charge in [-0.25, -0.2) is 0 Å². The van der Waals surface area contributed by atoms with Crippen LogP contribution in [0.25, 0.3) is 0 Å². The van der Waals surface area contributed by atoms with E-state index in [1.807, 2.05) is 30.3 Å². The van der Waals surface area contributed by atoms with Crippen molar-refractivity contribution in [2.45, 2.75) is 12.8 Å². The number of thiocarbonyl (C=S) groups is 1. The quantitative estimate of drug-likeness (QED) is 0.489. The van der Waals surface area contributed by atoms with Crippen molar-refractivity contribution in [3.05, 3.63) is 47.5 Å². The Labute approximate surface area is 105 Å². The smallest absolute Gasteiger partial charge is 0.259 e. The van der Waals surface area contributed by atoms with Crippen LogP contribution >= 0.6 is 12.2 Å². The molecule has 4 heteroatoms. The number of allylic oxidation sites excluding steroid dienone is 1. The van der Waals surface area contributed by atoms with Crippen LogP contribution in [0.2, 0.25) is 0 Å². The van der Waals surface area contributed by atoms with Crippen molar-refractivity contribution in [3.8, 4) is 0 Å². The molecule has 1 aromatic rings. The monoisotopic (exact) mass is 245 g/mol. The zero-order valence-electron chi connectivity index (χ0n) is 9.10. The third-order valence-corrected chi connectivity index (χ3v) is 2.75. The van der Waals surface area contributed by atoms with E-state index in [4.69, 9.17) is 12.2 Å². The molecule has 0 aliphatic carbocycles. The van der Waals surface area contributed by atoms with Crippen molar-refractivity contribution in [2.75, 3.05) is 0 Å². The molecule has 0 atom stereocenters. The molecule has 0 aromatic heterocycles. The molecule has 1 amide bonds. The van der Waals surface area contributed by atoms with Gasteiger partial charge in [0.1, 0.15) is 0 Å². The highest BCUT2D eigenvalue weighted by atomic mass is 32.1. The minimum Gasteiger partial charge on any atom is -0.316 e. The van der Waals surface area contributed by atoms with Crippen LogP contribution in [0.1, 0.15) is 12.0 Å². The molecule has 86 valence electrons. The van der Waals surface area contributed by atoms with E-state index in [-0.39, 0.29) is 23.7 Å². The van der Waals surface area contributed by atoms with Crippen LogP contribution in [0, 0.1) is 0 Å². The molecule has 0 spiro atoms. The van der Waals surface area contributed by atoms with E-state index in [0.717, 1.165) is 5.56 Å². The second-order valence-electron chi connectivity index (χ2n) is 3.78. The molecule has 1 saturated heterocycles. The van der Waals surface area contributed by atoms with E-state index in [9.17, 15) is 9.59 Å². The lowest BCUT2D eigenvalue weighted by molar-refractivity contribution is -0.122. The summed E-state index contributed by atoms with van der Waals surface area (Å²) in [5, 5.41) is 2.50. The summed E-state index contributed by atoms with van der Waals surface area (Å²) < 4.78 is 0. The molecular weight excluding hydrogens is 234 g/mol. The first-order valence-electron chi connectivity index (χ1n) is 5.28. The maximum atomic E-state index is 11.6. The van der Waals surface area contributed by atoms with Gasteiger partial charge < -0.3 is 5.32 Å². The van der Waals surface area contributed by atoms with Crippen LogP contribution < -0.4 is 5.32 Å². The van der Waals surface area contributed by atoms with Crippen molar-refractivity contribution in [1.82, 2.24) is 5.32 Å². The van der Waals surface area contributed by atoms with Gasteiger partial charge in [0.15, 0.2) is 5.78 Å². The predicted octanol–water partition coefficient (Wildman–Crippen LogP) is 1.57. The van der Waals surface area contributed by atoms with Crippen LogP contribution in [-0.2, 0) is 16.0 Å². The number of carbonyl (C=O) groups excluding carboxylic acids is 2. The molecule has 3 nitrogen and oxygen atoms in total. The first kappa shape index (κ1) is 11.7. The third kappa shape index (κ3) is 2.85. The molecule has 1 aromatic carbocycles. The summed E-state index contributed by atoms with van der Waals surface area (Å²) in [4.78, 5) is 23.5. The first-order valence-corrected chi connectivity index (χ1v) is 5.69. The van der Waals surface area contributed by atoms with Gasteiger partial charge in [-0.3, -0.25) is 9.59 Å². The average molecular weight is 245 g/mol. The molecule has 1 aliphatic heterocycles. The van der Waals surface area contributed by atoms with E-state index in [1.165, 1.54) is 0 Å².